The van der Waals surface area contributed by atoms with Crippen LogP contribution in [0.3, 0.4) is 0 Å². The lowest BCUT2D eigenvalue weighted by Gasteiger charge is -2.35. The monoisotopic (exact) mass is 233 g/mol. The highest BCUT2D eigenvalue weighted by Crippen LogP contribution is 2.27. The summed E-state index contributed by atoms with van der Waals surface area (Å²) in [6, 6.07) is 10.3. The minimum absolute atomic E-state index is 0.215. The standard InChI is InChI=1S/C14H19NO2/c1-11(14(16)17)12-7-9-15(10-8-12)13-5-3-2-4-6-13/h2-6,11-12H,7-10H2,1H3,(H,16,17). The molecule has 0 radical (unpaired) electrons. The summed E-state index contributed by atoms with van der Waals surface area (Å²) < 4.78 is 0. The molecule has 2 rings (SSSR count). The van der Waals surface area contributed by atoms with Crippen LogP contribution in [0.2, 0.25) is 0 Å². The first kappa shape index (κ1) is 12.0. The van der Waals surface area contributed by atoms with E-state index in [0.29, 0.717) is 5.92 Å². The lowest BCUT2D eigenvalue weighted by molar-refractivity contribution is -0.143. The second-order valence-corrected chi connectivity index (χ2v) is 4.79. The third-order valence-corrected chi connectivity index (χ3v) is 3.76. The maximum Gasteiger partial charge on any atom is 0.306 e. The van der Waals surface area contributed by atoms with Gasteiger partial charge in [0.2, 0.25) is 0 Å². The number of carboxylic acid groups (broad SMARTS) is 1. The van der Waals surface area contributed by atoms with Crippen LogP contribution in [0, 0.1) is 11.8 Å². The van der Waals surface area contributed by atoms with Crippen molar-refractivity contribution in [3.63, 3.8) is 0 Å². The first-order valence-electron chi connectivity index (χ1n) is 6.21. The van der Waals surface area contributed by atoms with Crippen LogP contribution in [-0.2, 0) is 4.79 Å². The van der Waals surface area contributed by atoms with E-state index in [1.54, 1.807) is 0 Å². The van der Waals surface area contributed by atoms with Gasteiger partial charge in [0.15, 0.2) is 0 Å². The van der Waals surface area contributed by atoms with Crippen molar-refractivity contribution in [2.45, 2.75) is 19.8 Å². The van der Waals surface area contributed by atoms with E-state index < -0.39 is 5.97 Å². The first-order valence-corrected chi connectivity index (χ1v) is 6.21. The van der Waals surface area contributed by atoms with Crippen molar-refractivity contribution in [2.24, 2.45) is 11.8 Å². The molecule has 0 spiro atoms. The number of carboxylic acids is 1. The van der Waals surface area contributed by atoms with Gasteiger partial charge in [-0.15, -0.1) is 0 Å². The van der Waals surface area contributed by atoms with Crippen molar-refractivity contribution in [1.82, 2.24) is 0 Å². The van der Waals surface area contributed by atoms with Crippen LogP contribution in [0.4, 0.5) is 5.69 Å². The van der Waals surface area contributed by atoms with Gasteiger partial charge in [-0.1, -0.05) is 25.1 Å². The second kappa shape index (κ2) is 5.21. The Morgan fingerprint density at radius 3 is 2.41 bits per heavy atom. The highest BCUT2D eigenvalue weighted by molar-refractivity contribution is 5.69. The molecular formula is C14H19NO2. The topological polar surface area (TPSA) is 40.5 Å². The predicted octanol–water partition coefficient (Wildman–Crippen LogP) is 2.62. The molecule has 1 aliphatic rings. The van der Waals surface area contributed by atoms with E-state index in [2.05, 4.69) is 17.0 Å². The predicted molar refractivity (Wildman–Crippen MR) is 68.2 cm³/mol. The SMILES string of the molecule is CC(C(=O)O)C1CCN(c2ccccc2)CC1. The Labute approximate surface area is 102 Å². The zero-order chi connectivity index (χ0) is 12.3. The van der Waals surface area contributed by atoms with Crippen LogP contribution >= 0.6 is 0 Å². The van der Waals surface area contributed by atoms with Gasteiger partial charge >= 0.3 is 5.97 Å². The number of benzene rings is 1. The molecule has 92 valence electrons. The lowest BCUT2D eigenvalue weighted by Crippen LogP contribution is -2.37. The molecule has 1 atom stereocenters. The van der Waals surface area contributed by atoms with Gasteiger partial charge in [0.25, 0.3) is 0 Å². The molecule has 0 saturated carbocycles. The molecule has 1 saturated heterocycles. The van der Waals surface area contributed by atoms with Crippen LogP contribution in [0.1, 0.15) is 19.8 Å². The molecular weight excluding hydrogens is 214 g/mol. The zero-order valence-corrected chi connectivity index (χ0v) is 10.2. The Balaban J connectivity index is 1.93. The van der Waals surface area contributed by atoms with E-state index in [1.807, 2.05) is 25.1 Å². The maximum absolute atomic E-state index is 10.9. The van der Waals surface area contributed by atoms with Crippen LogP contribution in [0.25, 0.3) is 0 Å². The number of para-hydroxylation sites is 1. The van der Waals surface area contributed by atoms with Crippen LogP contribution in [0.15, 0.2) is 30.3 Å². The average molecular weight is 233 g/mol. The zero-order valence-electron chi connectivity index (χ0n) is 10.2. The third kappa shape index (κ3) is 2.78. The molecule has 1 N–H and O–H groups in total. The van der Waals surface area contributed by atoms with Crippen LogP contribution in [0.5, 0.6) is 0 Å². The summed E-state index contributed by atoms with van der Waals surface area (Å²) in [6.07, 6.45) is 1.95. The number of hydrogen-bond acceptors (Lipinski definition) is 2. The highest BCUT2D eigenvalue weighted by atomic mass is 16.4. The summed E-state index contributed by atoms with van der Waals surface area (Å²) in [5.41, 5.74) is 1.24. The van der Waals surface area contributed by atoms with Gasteiger partial charge < -0.3 is 10.0 Å². The number of anilines is 1. The largest absolute Gasteiger partial charge is 0.481 e. The fourth-order valence-electron chi connectivity index (χ4n) is 2.50. The first-order chi connectivity index (χ1) is 8.18. The van der Waals surface area contributed by atoms with Gasteiger partial charge in [-0.2, -0.15) is 0 Å². The number of rotatable bonds is 3. The summed E-state index contributed by atoms with van der Waals surface area (Å²) in [6.45, 7) is 3.75. The van der Waals surface area contributed by atoms with Crippen molar-refractivity contribution in [3.8, 4) is 0 Å². The van der Waals surface area contributed by atoms with Crippen LogP contribution in [-0.4, -0.2) is 24.2 Å². The maximum atomic E-state index is 10.9. The molecule has 1 aliphatic heterocycles. The Kier molecular flexibility index (Phi) is 3.67. The van der Waals surface area contributed by atoms with E-state index in [1.165, 1.54) is 5.69 Å². The number of carbonyl (C=O) groups is 1. The Morgan fingerprint density at radius 1 is 1.29 bits per heavy atom. The van der Waals surface area contributed by atoms with Crippen molar-refractivity contribution in [1.29, 1.82) is 0 Å². The van der Waals surface area contributed by atoms with E-state index in [9.17, 15) is 4.79 Å². The molecule has 3 nitrogen and oxygen atoms in total. The van der Waals surface area contributed by atoms with E-state index >= 15 is 0 Å². The smallest absolute Gasteiger partial charge is 0.306 e. The summed E-state index contributed by atoms with van der Waals surface area (Å²) in [4.78, 5) is 13.3. The molecule has 0 bridgehead atoms. The Hall–Kier alpha value is -1.51. The normalized spacial score (nSPS) is 19.0. The van der Waals surface area contributed by atoms with Gasteiger partial charge in [0, 0.05) is 18.8 Å². The minimum Gasteiger partial charge on any atom is -0.481 e. The summed E-state index contributed by atoms with van der Waals surface area (Å²) in [7, 11) is 0. The molecule has 0 amide bonds. The van der Waals surface area contributed by atoms with E-state index in [-0.39, 0.29) is 5.92 Å². The highest BCUT2D eigenvalue weighted by Gasteiger charge is 2.27. The Bertz CT molecular complexity index is 369. The molecule has 1 fully saturated rings. The van der Waals surface area contributed by atoms with Crippen molar-refractivity contribution < 1.29 is 9.90 Å². The molecule has 1 heterocycles. The number of piperidine rings is 1. The van der Waals surface area contributed by atoms with Gasteiger partial charge in [-0.05, 0) is 30.9 Å². The van der Waals surface area contributed by atoms with Crippen molar-refractivity contribution >= 4 is 11.7 Å². The third-order valence-electron chi connectivity index (χ3n) is 3.76. The van der Waals surface area contributed by atoms with Crippen LogP contribution < -0.4 is 4.90 Å². The molecule has 3 heteroatoms. The van der Waals surface area contributed by atoms with E-state index in [4.69, 9.17) is 5.11 Å². The average Bonchev–Trinajstić information content (AvgIpc) is 2.39. The summed E-state index contributed by atoms with van der Waals surface area (Å²) >= 11 is 0. The van der Waals surface area contributed by atoms with Gasteiger partial charge in [-0.3, -0.25) is 4.79 Å². The molecule has 0 aromatic heterocycles. The summed E-state index contributed by atoms with van der Waals surface area (Å²) in [5.74, 6) is -0.552. The molecule has 1 aromatic carbocycles. The molecule has 1 unspecified atom stereocenters. The minimum atomic E-state index is -0.664. The Morgan fingerprint density at radius 2 is 1.88 bits per heavy atom. The molecule has 0 aliphatic carbocycles. The molecule has 1 aromatic rings. The number of aliphatic carboxylic acids is 1. The number of hydrogen-bond donors (Lipinski definition) is 1. The summed E-state index contributed by atoms with van der Waals surface area (Å²) in [5, 5.41) is 9.00. The number of nitrogens with zero attached hydrogens (tertiary/aromatic N) is 1. The van der Waals surface area contributed by atoms with E-state index in [0.717, 1.165) is 25.9 Å². The lowest BCUT2D eigenvalue weighted by atomic mass is 9.85. The molecule has 17 heavy (non-hydrogen) atoms. The fraction of sp³-hybridized carbons (Fsp3) is 0.500. The second-order valence-electron chi connectivity index (χ2n) is 4.79. The van der Waals surface area contributed by atoms with Crippen molar-refractivity contribution in [2.75, 3.05) is 18.0 Å². The van der Waals surface area contributed by atoms with Gasteiger partial charge in [-0.25, -0.2) is 0 Å². The van der Waals surface area contributed by atoms with Crippen molar-refractivity contribution in [3.05, 3.63) is 30.3 Å². The fourth-order valence-corrected chi connectivity index (χ4v) is 2.50. The van der Waals surface area contributed by atoms with Gasteiger partial charge in [0.1, 0.15) is 0 Å². The van der Waals surface area contributed by atoms with Gasteiger partial charge in [0.05, 0.1) is 5.92 Å². The quantitative estimate of drug-likeness (QED) is 0.872.